The average Bonchev–Trinajstić information content (AvgIpc) is 3.50. The highest BCUT2D eigenvalue weighted by Crippen LogP contribution is 2.28. The van der Waals surface area contributed by atoms with Gasteiger partial charge in [0.1, 0.15) is 11.6 Å². The van der Waals surface area contributed by atoms with Crippen LogP contribution in [0.15, 0.2) is 53.9 Å². The highest BCUT2D eigenvalue weighted by atomic mass is 35.5. The number of amides is 5. The fourth-order valence-electron chi connectivity index (χ4n) is 5.49. The van der Waals surface area contributed by atoms with E-state index in [-0.39, 0.29) is 25.5 Å². The Morgan fingerprint density at radius 3 is 2.28 bits per heavy atom. The number of halogens is 1. The highest BCUT2D eigenvalue weighted by Gasteiger charge is 2.34. The van der Waals surface area contributed by atoms with Gasteiger partial charge < -0.3 is 35.1 Å². The van der Waals surface area contributed by atoms with E-state index < -0.39 is 42.0 Å². The lowest BCUT2D eigenvalue weighted by Crippen LogP contribution is -2.56. The lowest BCUT2D eigenvalue weighted by Gasteiger charge is -2.36. The first kappa shape index (κ1) is 43.5. The van der Waals surface area contributed by atoms with Crippen molar-refractivity contribution >= 4 is 57.0 Å². The Bertz CT molecular complexity index is 1610. The maximum absolute atomic E-state index is 14.6. The minimum Gasteiger partial charge on any atom is -0.444 e. The third kappa shape index (κ3) is 15.1. The van der Waals surface area contributed by atoms with Crippen LogP contribution in [-0.2, 0) is 36.9 Å². The molecular formula is C38H55ClN6O7S. The molecule has 0 saturated carbocycles. The van der Waals surface area contributed by atoms with Gasteiger partial charge >= 0.3 is 12.1 Å². The topological polar surface area (TPSA) is 151 Å². The van der Waals surface area contributed by atoms with Gasteiger partial charge in [0.15, 0.2) is 6.29 Å². The molecule has 13 nitrogen and oxygen atoms in total. The summed E-state index contributed by atoms with van der Waals surface area (Å²) in [4.78, 5) is 54.6. The van der Waals surface area contributed by atoms with Gasteiger partial charge in [-0.1, -0.05) is 41.9 Å². The molecular weight excluding hydrogens is 720 g/mol. The molecule has 1 heterocycles. The Morgan fingerprint density at radius 1 is 0.943 bits per heavy atom. The van der Waals surface area contributed by atoms with Gasteiger partial charge in [0.2, 0.25) is 11.8 Å². The third-order valence-corrected chi connectivity index (χ3v) is 9.26. The molecule has 3 aromatic rings. The van der Waals surface area contributed by atoms with Crippen LogP contribution in [0.5, 0.6) is 0 Å². The third-order valence-electron chi connectivity index (χ3n) is 7.99. The van der Waals surface area contributed by atoms with E-state index in [0.717, 1.165) is 21.2 Å². The number of hydrazine groups is 1. The zero-order valence-corrected chi connectivity index (χ0v) is 33.4. The van der Waals surface area contributed by atoms with E-state index in [1.807, 2.05) is 50.4 Å². The summed E-state index contributed by atoms with van der Waals surface area (Å²) in [6.45, 7) is 12.4. The molecule has 2 atom stereocenters. The second kappa shape index (κ2) is 21.7. The van der Waals surface area contributed by atoms with Crippen molar-refractivity contribution in [2.75, 3.05) is 33.4 Å². The Balaban J connectivity index is 1.77. The molecule has 4 N–H and O–H groups in total. The standard InChI is InChI=1S/C38H55ClN6O7S/c1-8-50-35(51-9-2)26(3)45(23-28-25-53-32-16-11-10-14-30(28)32)34(47)31(15-12-13-21-40-37(49)52-38(4,5)6)42-33(46)24-44(7)43-36(48)41-22-27-17-19-29(39)20-18-27/h10-11,14,16-20,25-26,31,35H,8-9,12-13,15,21-24H2,1-7H3,(H,40,49)(H,42,46)(H2,41,43,48)/t26-,31-/m0/s1. The van der Waals surface area contributed by atoms with E-state index in [9.17, 15) is 19.2 Å². The first-order valence-corrected chi connectivity index (χ1v) is 19.2. The molecule has 0 aliphatic carbocycles. The van der Waals surface area contributed by atoms with Crippen LogP contribution in [0, 0.1) is 0 Å². The second-order valence-corrected chi connectivity index (χ2v) is 14.9. The minimum atomic E-state index is -0.924. The fraction of sp³-hybridized carbons (Fsp3) is 0.526. The number of fused-ring (bicyclic) bond motifs is 1. The summed E-state index contributed by atoms with van der Waals surface area (Å²) in [7, 11) is 1.56. The summed E-state index contributed by atoms with van der Waals surface area (Å²) >= 11 is 7.55. The number of benzene rings is 2. The van der Waals surface area contributed by atoms with Crippen LogP contribution >= 0.6 is 22.9 Å². The number of hydrogen-bond donors (Lipinski definition) is 4. The molecule has 0 bridgehead atoms. The monoisotopic (exact) mass is 774 g/mol. The summed E-state index contributed by atoms with van der Waals surface area (Å²) in [5.74, 6) is -0.766. The number of rotatable bonds is 20. The molecule has 1 aromatic heterocycles. The van der Waals surface area contributed by atoms with Gasteiger partial charge in [0.05, 0.1) is 12.6 Å². The van der Waals surface area contributed by atoms with Crippen molar-refractivity contribution < 1.29 is 33.4 Å². The lowest BCUT2D eigenvalue weighted by atomic mass is 10.0. The second-order valence-electron chi connectivity index (χ2n) is 13.6. The number of alkyl carbamates (subject to hydrolysis) is 1. The minimum absolute atomic E-state index is 0.219. The van der Waals surface area contributed by atoms with Crippen LogP contribution in [0.3, 0.4) is 0 Å². The van der Waals surface area contributed by atoms with E-state index in [4.69, 9.17) is 25.8 Å². The Morgan fingerprint density at radius 2 is 1.62 bits per heavy atom. The maximum atomic E-state index is 14.6. The first-order chi connectivity index (χ1) is 25.2. The van der Waals surface area contributed by atoms with Gasteiger partial charge in [-0.2, -0.15) is 0 Å². The van der Waals surface area contributed by atoms with Crippen molar-refractivity contribution in [3.05, 3.63) is 70.1 Å². The van der Waals surface area contributed by atoms with Crippen molar-refractivity contribution in [3.63, 3.8) is 0 Å². The van der Waals surface area contributed by atoms with E-state index in [0.29, 0.717) is 44.0 Å². The number of carbonyl (C=O) groups excluding carboxylic acids is 4. The summed E-state index contributed by atoms with van der Waals surface area (Å²) in [6, 6.07) is 13.2. The zero-order valence-electron chi connectivity index (χ0n) is 31.8. The van der Waals surface area contributed by atoms with Gasteiger partial charge in [0, 0.05) is 49.6 Å². The number of nitrogens with one attached hydrogen (secondary N) is 4. The Kier molecular flexibility index (Phi) is 17.8. The zero-order chi connectivity index (χ0) is 39.0. The number of urea groups is 1. The highest BCUT2D eigenvalue weighted by molar-refractivity contribution is 7.17. The largest absolute Gasteiger partial charge is 0.444 e. The molecule has 3 rings (SSSR count). The van der Waals surface area contributed by atoms with E-state index in [1.165, 1.54) is 5.01 Å². The molecule has 292 valence electrons. The number of ether oxygens (including phenoxy) is 3. The van der Waals surface area contributed by atoms with E-state index >= 15 is 0 Å². The molecule has 2 aromatic carbocycles. The van der Waals surface area contributed by atoms with Gasteiger partial charge in [0.25, 0.3) is 0 Å². The SMILES string of the molecule is CCOC(OCC)[C@H](C)N(Cc1csc2ccccc12)C(=O)[C@H](CCCCNC(=O)OC(C)(C)C)NC(=O)CN(C)NC(=O)NCc1ccc(Cl)cc1. The van der Waals surface area contributed by atoms with E-state index in [2.05, 4.69) is 21.4 Å². The van der Waals surface area contributed by atoms with Gasteiger partial charge in [-0.25, -0.2) is 14.6 Å². The molecule has 0 saturated heterocycles. The normalized spacial score (nSPS) is 12.7. The molecule has 15 heteroatoms. The van der Waals surface area contributed by atoms with Crippen LogP contribution in [0.4, 0.5) is 9.59 Å². The molecule has 0 spiro atoms. The molecule has 0 fully saturated rings. The van der Waals surface area contributed by atoms with Crippen LogP contribution in [0.25, 0.3) is 10.1 Å². The van der Waals surface area contributed by atoms with Crippen LogP contribution in [0.1, 0.15) is 71.9 Å². The first-order valence-electron chi connectivity index (χ1n) is 18.0. The van der Waals surface area contributed by atoms with Crippen LogP contribution in [0.2, 0.25) is 5.02 Å². The Hall–Kier alpha value is -3.95. The lowest BCUT2D eigenvalue weighted by molar-refractivity contribution is -0.179. The van der Waals surface area contributed by atoms with Gasteiger partial charge in [-0.3, -0.25) is 15.0 Å². The van der Waals surface area contributed by atoms with Crippen molar-refractivity contribution in [1.29, 1.82) is 0 Å². The summed E-state index contributed by atoms with van der Waals surface area (Å²) in [6.07, 6.45) is 0.125. The van der Waals surface area contributed by atoms with E-state index in [1.54, 1.807) is 68.3 Å². The smallest absolute Gasteiger partial charge is 0.407 e. The fourth-order valence-corrected chi connectivity index (χ4v) is 6.57. The van der Waals surface area contributed by atoms with Crippen molar-refractivity contribution in [2.45, 2.75) is 97.9 Å². The average molecular weight is 775 g/mol. The number of likely N-dealkylation sites (N-methyl/N-ethyl adjacent to an activating group) is 1. The number of nitrogens with zero attached hydrogens (tertiary/aromatic N) is 2. The van der Waals surface area contributed by atoms with Crippen molar-refractivity contribution in [3.8, 4) is 0 Å². The summed E-state index contributed by atoms with van der Waals surface area (Å²) in [5.41, 5.74) is 3.83. The number of thiophene rings is 1. The number of carbonyl (C=O) groups is 4. The maximum Gasteiger partial charge on any atom is 0.407 e. The van der Waals surface area contributed by atoms with Crippen molar-refractivity contribution in [1.82, 2.24) is 31.3 Å². The summed E-state index contributed by atoms with van der Waals surface area (Å²) < 4.78 is 18.3. The predicted octanol–water partition coefficient (Wildman–Crippen LogP) is 6.20. The molecule has 0 radical (unpaired) electrons. The number of unbranched alkanes of at least 4 members (excludes halogenated alkanes) is 1. The van der Waals surface area contributed by atoms with Gasteiger partial charge in [-0.15, -0.1) is 11.3 Å². The molecule has 5 amide bonds. The van der Waals surface area contributed by atoms with Crippen molar-refractivity contribution in [2.24, 2.45) is 0 Å². The molecule has 0 unspecified atom stereocenters. The van der Waals surface area contributed by atoms with Gasteiger partial charge in [-0.05, 0) is 101 Å². The predicted molar refractivity (Wildman–Crippen MR) is 208 cm³/mol. The molecule has 0 aliphatic rings. The molecule has 0 aliphatic heterocycles. The number of hydrogen-bond acceptors (Lipinski definition) is 9. The summed E-state index contributed by atoms with van der Waals surface area (Å²) in [5, 5.41) is 13.4. The molecule has 53 heavy (non-hydrogen) atoms. The Labute approximate surface area is 322 Å². The van der Waals surface area contributed by atoms with Crippen LogP contribution < -0.4 is 21.4 Å². The quantitative estimate of drug-likeness (QED) is 0.0603. The van der Waals surface area contributed by atoms with Crippen LogP contribution in [-0.4, -0.2) is 91.2 Å².